The van der Waals surface area contributed by atoms with Gasteiger partial charge in [0.1, 0.15) is 0 Å². The van der Waals surface area contributed by atoms with Crippen LogP contribution in [0.1, 0.15) is 44.7 Å². The number of alkyl halides is 3. The summed E-state index contributed by atoms with van der Waals surface area (Å²) in [5.41, 5.74) is -0.504. The summed E-state index contributed by atoms with van der Waals surface area (Å²) >= 11 is 0. The maximum atomic E-state index is 12.5. The molecule has 140 valence electrons. The summed E-state index contributed by atoms with van der Waals surface area (Å²) in [7, 11) is 0. The van der Waals surface area contributed by atoms with Crippen molar-refractivity contribution in [3.05, 3.63) is 35.4 Å². The number of carbonyl (C=O) groups excluding carboxylic acids is 1. The Morgan fingerprint density at radius 3 is 2.16 bits per heavy atom. The SMILES string of the molecule is CC(C)(C)C(=O)ON1CCC(OCc2ccc(C(F)(F)F)cc2)CC1. The monoisotopic (exact) mass is 359 g/mol. The number of halogens is 3. The predicted molar refractivity (Wildman–Crippen MR) is 86.4 cm³/mol. The molecule has 1 fully saturated rings. The lowest BCUT2D eigenvalue weighted by molar-refractivity contribution is -0.209. The highest BCUT2D eigenvalue weighted by Gasteiger charge is 2.30. The third-order valence-corrected chi connectivity index (χ3v) is 3.99. The molecule has 7 heteroatoms. The topological polar surface area (TPSA) is 38.8 Å². The van der Waals surface area contributed by atoms with Crippen molar-refractivity contribution < 1.29 is 27.5 Å². The lowest BCUT2D eigenvalue weighted by Crippen LogP contribution is -2.40. The van der Waals surface area contributed by atoms with Crippen molar-refractivity contribution in [3.8, 4) is 0 Å². The summed E-state index contributed by atoms with van der Waals surface area (Å²) < 4.78 is 43.3. The van der Waals surface area contributed by atoms with Crippen molar-refractivity contribution in [1.29, 1.82) is 0 Å². The predicted octanol–water partition coefficient (Wildman–Crippen LogP) is 4.19. The Balaban J connectivity index is 1.74. The van der Waals surface area contributed by atoms with Crippen LogP contribution in [0, 0.1) is 5.41 Å². The van der Waals surface area contributed by atoms with Gasteiger partial charge < -0.3 is 9.57 Å². The van der Waals surface area contributed by atoms with Gasteiger partial charge in [0.15, 0.2) is 0 Å². The Labute approximate surface area is 145 Å². The van der Waals surface area contributed by atoms with Crippen LogP contribution in [0.5, 0.6) is 0 Å². The molecule has 1 aliphatic rings. The quantitative estimate of drug-likeness (QED) is 0.808. The zero-order valence-corrected chi connectivity index (χ0v) is 14.7. The zero-order chi connectivity index (χ0) is 18.7. The molecule has 4 nitrogen and oxygen atoms in total. The van der Waals surface area contributed by atoms with Gasteiger partial charge in [-0.15, -0.1) is 5.06 Å². The van der Waals surface area contributed by atoms with E-state index >= 15 is 0 Å². The molecule has 0 aliphatic carbocycles. The van der Waals surface area contributed by atoms with E-state index in [1.807, 2.05) is 0 Å². The lowest BCUT2D eigenvalue weighted by Gasteiger charge is -2.32. The first kappa shape index (κ1) is 19.7. The second-order valence-corrected chi connectivity index (χ2v) is 7.26. The smallest absolute Gasteiger partial charge is 0.373 e. The van der Waals surface area contributed by atoms with Crippen LogP contribution in [0.2, 0.25) is 0 Å². The molecular weight excluding hydrogens is 335 g/mol. The summed E-state index contributed by atoms with van der Waals surface area (Å²) in [4.78, 5) is 17.2. The number of ether oxygens (including phenoxy) is 1. The summed E-state index contributed by atoms with van der Waals surface area (Å²) in [6, 6.07) is 4.99. The molecule has 0 bridgehead atoms. The molecule has 1 saturated heterocycles. The van der Waals surface area contributed by atoms with Crippen LogP contribution < -0.4 is 0 Å². The van der Waals surface area contributed by atoms with Gasteiger partial charge in [0.05, 0.1) is 23.7 Å². The fraction of sp³-hybridized carbons (Fsp3) is 0.611. The van der Waals surface area contributed by atoms with Gasteiger partial charge in [-0.05, 0) is 51.3 Å². The van der Waals surface area contributed by atoms with Crippen molar-refractivity contribution in [2.75, 3.05) is 13.1 Å². The second kappa shape index (κ2) is 7.74. The maximum Gasteiger partial charge on any atom is 0.416 e. The maximum absolute atomic E-state index is 12.5. The molecule has 0 radical (unpaired) electrons. The minimum atomic E-state index is -4.32. The van der Waals surface area contributed by atoms with Crippen LogP contribution in [0.25, 0.3) is 0 Å². The molecular formula is C18H24F3NO3. The zero-order valence-electron chi connectivity index (χ0n) is 14.7. The molecule has 1 aromatic carbocycles. The van der Waals surface area contributed by atoms with E-state index in [2.05, 4.69) is 0 Å². The van der Waals surface area contributed by atoms with Crippen molar-refractivity contribution in [3.63, 3.8) is 0 Å². The van der Waals surface area contributed by atoms with Gasteiger partial charge in [0.25, 0.3) is 0 Å². The average molecular weight is 359 g/mol. The van der Waals surface area contributed by atoms with Crippen LogP contribution in [0.4, 0.5) is 13.2 Å². The molecule has 1 aromatic rings. The molecule has 0 aromatic heterocycles. The number of piperidine rings is 1. The van der Waals surface area contributed by atoms with E-state index in [1.165, 1.54) is 12.1 Å². The van der Waals surface area contributed by atoms with E-state index < -0.39 is 17.2 Å². The van der Waals surface area contributed by atoms with E-state index in [-0.39, 0.29) is 18.7 Å². The largest absolute Gasteiger partial charge is 0.416 e. The van der Waals surface area contributed by atoms with Crippen molar-refractivity contribution in [2.24, 2.45) is 5.41 Å². The van der Waals surface area contributed by atoms with Gasteiger partial charge >= 0.3 is 12.1 Å². The van der Waals surface area contributed by atoms with E-state index in [4.69, 9.17) is 9.57 Å². The Morgan fingerprint density at radius 1 is 1.12 bits per heavy atom. The van der Waals surface area contributed by atoms with Gasteiger partial charge in [-0.3, -0.25) is 0 Å². The lowest BCUT2D eigenvalue weighted by atomic mass is 9.98. The normalized spacial score (nSPS) is 17.5. The Kier molecular flexibility index (Phi) is 6.11. The Bertz CT molecular complexity index is 571. The van der Waals surface area contributed by atoms with Gasteiger partial charge in [0.2, 0.25) is 0 Å². The third kappa shape index (κ3) is 6.01. The fourth-order valence-corrected chi connectivity index (χ4v) is 2.35. The van der Waals surface area contributed by atoms with Crippen LogP contribution in [0.3, 0.4) is 0 Å². The number of hydrogen-bond acceptors (Lipinski definition) is 4. The molecule has 0 amide bonds. The molecule has 1 aliphatic heterocycles. The van der Waals surface area contributed by atoms with Crippen LogP contribution in [0.15, 0.2) is 24.3 Å². The average Bonchev–Trinajstić information content (AvgIpc) is 2.53. The second-order valence-electron chi connectivity index (χ2n) is 7.26. The van der Waals surface area contributed by atoms with Crippen LogP contribution in [-0.4, -0.2) is 30.2 Å². The fourth-order valence-electron chi connectivity index (χ4n) is 2.35. The van der Waals surface area contributed by atoms with Gasteiger partial charge in [0, 0.05) is 13.1 Å². The molecule has 2 rings (SSSR count). The number of benzene rings is 1. The molecule has 0 atom stereocenters. The first-order chi connectivity index (χ1) is 11.6. The minimum absolute atomic E-state index is 0.00637. The third-order valence-electron chi connectivity index (χ3n) is 3.99. The van der Waals surface area contributed by atoms with Crippen molar-refractivity contribution in [1.82, 2.24) is 5.06 Å². The molecule has 0 spiro atoms. The number of hydroxylamine groups is 2. The van der Waals surface area contributed by atoms with Crippen LogP contribution in [-0.2, 0) is 27.2 Å². The number of hydrogen-bond donors (Lipinski definition) is 0. The highest BCUT2D eigenvalue weighted by molar-refractivity contribution is 5.75. The summed E-state index contributed by atoms with van der Waals surface area (Å²) in [6.07, 6.45) is -2.90. The van der Waals surface area contributed by atoms with Gasteiger partial charge in [-0.1, -0.05) is 12.1 Å². The highest BCUT2D eigenvalue weighted by atomic mass is 19.4. The summed E-state index contributed by atoms with van der Waals surface area (Å²) in [5, 5.41) is 1.64. The molecule has 0 unspecified atom stereocenters. The van der Waals surface area contributed by atoms with Gasteiger partial charge in [-0.2, -0.15) is 13.2 Å². The number of rotatable bonds is 4. The minimum Gasteiger partial charge on any atom is -0.373 e. The van der Waals surface area contributed by atoms with Crippen molar-refractivity contribution in [2.45, 2.75) is 52.5 Å². The van der Waals surface area contributed by atoms with Crippen LogP contribution >= 0.6 is 0 Å². The molecule has 1 heterocycles. The molecule has 0 saturated carbocycles. The Hall–Kier alpha value is -1.60. The first-order valence-electron chi connectivity index (χ1n) is 8.31. The van der Waals surface area contributed by atoms with E-state index in [9.17, 15) is 18.0 Å². The van der Waals surface area contributed by atoms with E-state index in [0.717, 1.165) is 12.1 Å². The van der Waals surface area contributed by atoms with E-state index in [1.54, 1.807) is 25.8 Å². The summed E-state index contributed by atoms with van der Waals surface area (Å²) in [6.45, 7) is 6.84. The van der Waals surface area contributed by atoms with E-state index in [0.29, 0.717) is 31.5 Å². The number of carbonyl (C=O) groups is 1. The highest BCUT2D eigenvalue weighted by Crippen LogP contribution is 2.29. The van der Waals surface area contributed by atoms with Gasteiger partial charge in [-0.25, -0.2) is 4.79 Å². The standard InChI is InChI=1S/C18H24F3NO3/c1-17(2,3)16(23)25-22-10-8-15(9-11-22)24-12-13-4-6-14(7-5-13)18(19,20)21/h4-7,15H,8-12H2,1-3H3. The molecule has 25 heavy (non-hydrogen) atoms. The molecule has 0 N–H and O–H groups in total. The first-order valence-corrected chi connectivity index (χ1v) is 8.31. The number of nitrogens with zero attached hydrogens (tertiary/aromatic N) is 1. The van der Waals surface area contributed by atoms with Crippen molar-refractivity contribution >= 4 is 5.97 Å². The Morgan fingerprint density at radius 2 is 1.68 bits per heavy atom. The summed E-state index contributed by atoms with van der Waals surface area (Å²) in [5.74, 6) is -0.267.